The van der Waals surface area contributed by atoms with Crippen molar-refractivity contribution < 1.29 is 17.9 Å². The highest BCUT2D eigenvalue weighted by atomic mass is 32.2. The zero-order valence-corrected chi connectivity index (χ0v) is 17.0. The van der Waals surface area contributed by atoms with E-state index >= 15 is 0 Å². The van der Waals surface area contributed by atoms with Crippen LogP contribution < -0.4 is 0 Å². The van der Waals surface area contributed by atoms with Crippen molar-refractivity contribution in [3.8, 4) is 0 Å². The number of fused-ring (bicyclic) bond motifs is 1. The van der Waals surface area contributed by atoms with Crippen molar-refractivity contribution >= 4 is 37.5 Å². The summed E-state index contributed by atoms with van der Waals surface area (Å²) in [6.07, 6.45) is 1.42. The van der Waals surface area contributed by atoms with Gasteiger partial charge in [0.05, 0.1) is 32.8 Å². The number of ether oxygens (including phenoxy) is 1. The fourth-order valence-corrected chi connectivity index (χ4v) is 6.30. The topological polar surface area (TPSA) is 76.6 Å². The summed E-state index contributed by atoms with van der Waals surface area (Å²) in [7, 11) is -2.52. The second-order valence-electron chi connectivity index (χ2n) is 6.69. The lowest BCUT2D eigenvalue weighted by Crippen LogP contribution is -2.38. The highest BCUT2D eigenvalue weighted by molar-refractivity contribution is 7.89. The summed E-state index contributed by atoms with van der Waals surface area (Å²) >= 11 is 1.68. The second kappa shape index (κ2) is 7.62. The first-order valence-electron chi connectivity index (χ1n) is 9.03. The summed E-state index contributed by atoms with van der Waals surface area (Å²) in [5.41, 5.74) is 1.06. The molecule has 1 fully saturated rings. The third kappa shape index (κ3) is 3.43. The molecule has 0 bridgehead atoms. The molecule has 0 aliphatic carbocycles. The molecule has 1 saturated heterocycles. The number of hydrogen-bond donors (Lipinski definition) is 0. The highest BCUT2D eigenvalue weighted by Crippen LogP contribution is 2.35. The molecule has 146 valence electrons. The molecule has 0 unspecified atom stereocenters. The number of rotatable bonds is 4. The Kier molecular flexibility index (Phi) is 5.18. The Morgan fingerprint density at radius 1 is 1.11 bits per heavy atom. The van der Waals surface area contributed by atoms with Crippen LogP contribution >= 0.6 is 11.3 Å². The third-order valence-electron chi connectivity index (χ3n) is 5.02. The number of hydrogen-bond acceptors (Lipinski definition) is 6. The van der Waals surface area contributed by atoms with E-state index in [1.54, 1.807) is 23.5 Å². The van der Waals surface area contributed by atoms with Gasteiger partial charge in [0.25, 0.3) is 0 Å². The van der Waals surface area contributed by atoms with Gasteiger partial charge in [-0.05, 0) is 37.1 Å². The fraction of sp³-hybridized carbons (Fsp3) is 0.300. The maximum absolute atomic E-state index is 13.1. The molecule has 1 aliphatic rings. The van der Waals surface area contributed by atoms with Crippen LogP contribution in [0.25, 0.3) is 10.2 Å². The van der Waals surface area contributed by atoms with Crippen LogP contribution in [0.5, 0.6) is 0 Å². The maximum atomic E-state index is 13.1. The first kappa shape index (κ1) is 19.0. The van der Waals surface area contributed by atoms with Gasteiger partial charge in [0, 0.05) is 19.0 Å². The van der Waals surface area contributed by atoms with Crippen LogP contribution in [0, 0.1) is 0 Å². The van der Waals surface area contributed by atoms with Crippen molar-refractivity contribution in [2.24, 2.45) is 0 Å². The third-order valence-corrected chi connectivity index (χ3v) is 8.18. The van der Waals surface area contributed by atoms with Crippen LogP contribution in [0.1, 0.15) is 34.1 Å². The van der Waals surface area contributed by atoms with Gasteiger partial charge in [-0.2, -0.15) is 4.31 Å². The van der Waals surface area contributed by atoms with E-state index in [-0.39, 0.29) is 16.4 Å². The predicted octanol–water partition coefficient (Wildman–Crippen LogP) is 3.65. The monoisotopic (exact) mass is 416 g/mol. The fourth-order valence-electron chi connectivity index (χ4n) is 3.52. The Morgan fingerprint density at radius 2 is 1.79 bits per heavy atom. The van der Waals surface area contributed by atoms with Crippen molar-refractivity contribution in [2.45, 2.75) is 23.7 Å². The molecule has 8 heteroatoms. The first-order chi connectivity index (χ1) is 13.5. The zero-order valence-electron chi connectivity index (χ0n) is 15.4. The number of carbonyl (C=O) groups excluding carboxylic acids is 1. The molecule has 28 heavy (non-hydrogen) atoms. The molecular formula is C20H20N2O4S2. The molecule has 0 atom stereocenters. The van der Waals surface area contributed by atoms with E-state index in [1.807, 2.05) is 18.2 Å². The Bertz CT molecular complexity index is 1080. The molecule has 2 heterocycles. The number of thiazole rings is 1. The predicted molar refractivity (Wildman–Crippen MR) is 108 cm³/mol. The van der Waals surface area contributed by atoms with Gasteiger partial charge in [0.1, 0.15) is 0 Å². The lowest BCUT2D eigenvalue weighted by atomic mass is 9.99. The molecule has 1 aromatic heterocycles. The summed E-state index contributed by atoms with van der Waals surface area (Å²) in [6, 6.07) is 14.2. The number of methoxy groups -OCH3 is 1. The number of para-hydroxylation sites is 1. The van der Waals surface area contributed by atoms with Gasteiger partial charge in [0.15, 0.2) is 0 Å². The molecule has 1 aliphatic heterocycles. The molecule has 0 saturated carbocycles. The molecule has 0 amide bonds. The molecular weight excluding hydrogens is 396 g/mol. The van der Waals surface area contributed by atoms with E-state index in [4.69, 9.17) is 9.72 Å². The molecule has 6 nitrogen and oxygen atoms in total. The lowest BCUT2D eigenvalue weighted by molar-refractivity contribution is 0.0596. The van der Waals surface area contributed by atoms with Gasteiger partial charge in [0.2, 0.25) is 10.0 Å². The molecule has 0 radical (unpaired) electrons. The van der Waals surface area contributed by atoms with E-state index in [9.17, 15) is 13.2 Å². The number of aromatic nitrogens is 1. The second-order valence-corrected chi connectivity index (χ2v) is 9.65. The summed E-state index contributed by atoms with van der Waals surface area (Å²) in [5.74, 6) is -0.400. The molecule has 2 aromatic carbocycles. The van der Waals surface area contributed by atoms with Crippen LogP contribution in [0.4, 0.5) is 0 Å². The minimum absolute atomic E-state index is 0.000266. The SMILES string of the molecule is COC(=O)c1ccccc1S(=O)(=O)N1CCC(c2nc3ccccc3s2)CC1. The van der Waals surface area contributed by atoms with Crippen molar-refractivity contribution in [2.75, 3.05) is 20.2 Å². The smallest absolute Gasteiger partial charge is 0.339 e. The van der Waals surface area contributed by atoms with Crippen molar-refractivity contribution in [1.29, 1.82) is 0 Å². The summed E-state index contributed by atoms with van der Waals surface area (Å²) < 4.78 is 33.6. The molecule has 3 aromatic rings. The minimum atomic E-state index is -3.76. The van der Waals surface area contributed by atoms with Crippen LogP contribution in [0.3, 0.4) is 0 Å². The zero-order chi connectivity index (χ0) is 19.7. The van der Waals surface area contributed by atoms with Crippen molar-refractivity contribution in [3.63, 3.8) is 0 Å². The lowest BCUT2D eigenvalue weighted by Gasteiger charge is -2.30. The number of esters is 1. The maximum Gasteiger partial charge on any atom is 0.339 e. The van der Waals surface area contributed by atoms with Crippen LogP contribution in [0.2, 0.25) is 0 Å². The summed E-state index contributed by atoms with van der Waals surface area (Å²) in [4.78, 5) is 16.7. The van der Waals surface area contributed by atoms with E-state index in [1.165, 1.54) is 23.5 Å². The van der Waals surface area contributed by atoms with Gasteiger partial charge in [-0.1, -0.05) is 24.3 Å². The van der Waals surface area contributed by atoms with Gasteiger partial charge in [-0.3, -0.25) is 0 Å². The van der Waals surface area contributed by atoms with E-state index < -0.39 is 16.0 Å². The van der Waals surface area contributed by atoms with Gasteiger partial charge >= 0.3 is 5.97 Å². The van der Waals surface area contributed by atoms with Gasteiger partial charge in [-0.15, -0.1) is 11.3 Å². The van der Waals surface area contributed by atoms with E-state index in [0.29, 0.717) is 25.9 Å². The number of nitrogens with zero attached hydrogens (tertiary/aromatic N) is 2. The van der Waals surface area contributed by atoms with Gasteiger partial charge < -0.3 is 4.74 Å². The standard InChI is InChI=1S/C20H20N2O4S2/c1-26-20(23)15-6-2-5-9-18(15)28(24,25)22-12-10-14(11-13-22)19-21-16-7-3-4-8-17(16)27-19/h2-9,14H,10-13H2,1H3. The number of piperidine rings is 1. The number of carbonyl (C=O) groups is 1. The first-order valence-corrected chi connectivity index (χ1v) is 11.3. The van der Waals surface area contributed by atoms with Crippen molar-refractivity contribution in [3.05, 3.63) is 59.1 Å². The largest absolute Gasteiger partial charge is 0.465 e. The van der Waals surface area contributed by atoms with E-state index in [2.05, 4.69) is 6.07 Å². The molecule has 4 rings (SSSR count). The molecule has 0 spiro atoms. The quantitative estimate of drug-likeness (QED) is 0.607. The average Bonchev–Trinajstić information content (AvgIpc) is 3.17. The number of benzene rings is 2. The van der Waals surface area contributed by atoms with E-state index in [0.717, 1.165) is 15.2 Å². The van der Waals surface area contributed by atoms with Crippen LogP contribution in [-0.4, -0.2) is 43.9 Å². The van der Waals surface area contributed by atoms with Gasteiger partial charge in [-0.25, -0.2) is 18.2 Å². The Morgan fingerprint density at radius 3 is 2.50 bits per heavy atom. The van der Waals surface area contributed by atoms with Crippen molar-refractivity contribution in [1.82, 2.24) is 9.29 Å². The Hall–Kier alpha value is -2.29. The normalized spacial score (nSPS) is 16.3. The van der Waals surface area contributed by atoms with Crippen LogP contribution in [-0.2, 0) is 14.8 Å². The Balaban J connectivity index is 1.54. The average molecular weight is 417 g/mol. The minimum Gasteiger partial charge on any atom is -0.465 e. The molecule has 0 N–H and O–H groups in total. The highest BCUT2D eigenvalue weighted by Gasteiger charge is 2.33. The Labute approximate surface area is 167 Å². The summed E-state index contributed by atoms with van der Waals surface area (Å²) in [6.45, 7) is 0.802. The number of sulfonamides is 1. The summed E-state index contributed by atoms with van der Waals surface area (Å²) in [5, 5.41) is 1.06. The van der Waals surface area contributed by atoms with Crippen LogP contribution in [0.15, 0.2) is 53.4 Å².